The van der Waals surface area contributed by atoms with Gasteiger partial charge < -0.3 is 14.8 Å². The first kappa shape index (κ1) is 16.0. The van der Waals surface area contributed by atoms with E-state index in [-0.39, 0.29) is 17.9 Å². The summed E-state index contributed by atoms with van der Waals surface area (Å²) in [5, 5.41) is 0. The summed E-state index contributed by atoms with van der Waals surface area (Å²) in [6, 6.07) is 3.84. The van der Waals surface area contributed by atoms with Crippen LogP contribution in [0.25, 0.3) is 0 Å². The quantitative estimate of drug-likeness (QED) is 0.747. The topological polar surface area (TPSA) is 80.5 Å². The Labute approximate surface area is 136 Å². The summed E-state index contributed by atoms with van der Waals surface area (Å²) in [5.41, 5.74) is 6.93. The number of amides is 2. The van der Waals surface area contributed by atoms with E-state index in [0.29, 0.717) is 37.9 Å². The highest BCUT2D eigenvalue weighted by atomic mass is 16.2. The molecule has 1 aromatic heterocycles. The van der Waals surface area contributed by atoms with Crippen LogP contribution in [0, 0.1) is 0 Å². The number of nitrogens with zero attached hydrogens (tertiary/aromatic N) is 2. The van der Waals surface area contributed by atoms with Crippen molar-refractivity contribution in [2.75, 3.05) is 26.2 Å². The highest BCUT2D eigenvalue weighted by molar-refractivity contribution is 5.92. The molecule has 0 bridgehead atoms. The Hall–Kier alpha value is -1.86. The molecule has 7 heteroatoms. The maximum atomic E-state index is 12.6. The first-order valence-corrected chi connectivity index (χ1v) is 8.41. The van der Waals surface area contributed by atoms with Crippen LogP contribution in [0.2, 0.25) is 0 Å². The van der Waals surface area contributed by atoms with Crippen molar-refractivity contribution in [1.29, 1.82) is 0 Å². The predicted octanol–water partition coefficient (Wildman–Crippen LogP) is 0.334. The molecule has 1 aromatic rings. The molecule has 3 N–H and O–H groups in total. The number of carbonyl (C=O) groups is 2. The highest BCUT2D eigenvalue weighted by Crippen LogP contribution is 2.14. The number of hydrogen-bond donors (Lipinski definition) is 3. The van der Waals surface area contributed by atoms with Crippen molar-refractivity contribution in [3.8, 4) is 0 Å². The van der Waals surface area contributed by atoms with E-state index in [0.717, 1.165) is 19.3 Å². The lowest BCUT2D eigenvalue weighted by Crippen LogP contribution is -2.54. The second-order valence-electron chi connectivity index (χ2n) is 6.26. The molecule has 3 heterocycles. The third-order valence-electron chi connectivity index (χ3n) is 4.62. The second kappa shape index (κ2) is 7.14. The molecule has 2 aliphatic rings. The van der Waals surface area contributed by atoms with E-state index in [9.17, 15) is 9.59 Å². The van der Waals surface area contributed by atoms with Crippen LogP contribution in [-0.4, -0.2) is 64.9 Å². The van der Waals surface area contributed by atoms with Crippen LogP contribution in [0.15, 0.2) is 18.3 Å². The first-order valence-electron chi connectivity index (χ1n) is 8.41. The molecule has 126 valence electrons. The van der Waals surface area contributed by atoms with Crippen LogP contribution in [0.5, 0.6) is 0 Å². The average molecular weight is 319 g/mol. The third-order valence-corrected chi connectivity index (χ3v) is 4.62. The zero-order chi connectivity index (χ0) is 16.2. The van der Waals surface area contributed by atoms with Gasteiger partial charge in [0, 0.05) is 38.4 Å². The van der Waals surface area contributed by atoms with Gasteiger partial charge in [-0.15, -0.1) is 0 Å². The highest BCUT2D eigenvalue weighted by Gasteiger charge is 2.33. The van der Waals surface area contributed by atoms with Gasteiger partial charge in [0.1, 0.15) is 11.7 Å². The molecule has 3 rings (SSSR count). The standard InChI is InChI=1S/C16H25N5O2/c1-2-4-12-11-14(19-18-12)16(23)21-9-7-20(8-10-21)15(22)13-5-3-6-17-13/h3,5-6,12,14,17-19H,2,4,7-11H2,1H3. The van der Waals surface area contributed by atoms with E-state index < -0.39 is 0 Å². The van der Waals surface area contributed by atoms with Crippen LogP contribution in [0.1, 0.15) is 36.7 Å². The lowest BCUT2D eigenvalue weighted by atomic mass is 10.0. The van der Waals surface area contributed by atoms with E-state index in [1.54, 1.807) is 17.2 Å². The molecule has 2 unspecified atom stereocenters. The molecule has 2 fully saturated rings. The number of H-pyrrole nitrogens is 1. The van der Waals surface area contributed by atoms with E-state index in [2.05, 4.69) is 22.8 Å². The normalized spacial score (nSPS) is 24.9. The Morgan fingerprint density at radius 2 is 1.91 bits per heavy atom. The second-order valence-corrected chi connectivity index (χ2v) is 6.26. The fraction of sp³-hybridized carbons (Fsp3) is 0.625. The number of carbonyl (C=O) groups excluding carboxylic acids is 2. The zero-order valence-electron chi connectivity index (χ0n) is 13.5. The lowest BCUT2D eigenvalue weighted by molar-refractivity contribution is -0.134. The monoisotopic (exact) mass is 319 g/mol. The number of rotatable bonds is 4. The molecule has 0 aromatic carbocycles. The summed E-state index contributed by atoms with van der Waals surface area (Å²) >= 11 is 0. The van der Waals surface area contributed by atoms with Gasteiger partial charge in [-0.05, 0) is 25.0 Å². The first-order chi connectivity index (χ1) is 11.2. The van der Waals surface area contributed by atoms with Gasteiger partial charge >= 0.3 is 0 Å². The van der Waals surface area contributed by atoms with Crippen LogP contribution in [0.4, 0.5) is 0 Å². The SMILES string of the molecule is CCCC1CC(C(=O)N2CCN(C(=O)c3ccc[nH]3)CC2)NN1. The van der Waals surface area contributed by atoms with Gasteiger partial charge in [-0.2, -0.15) is 0 Å². The summed E-state index contributed by atoms with van der Waals surface area (Å²) < 4.78 is 0. The minimum atomic E-state index is -0.141. The minimum Gasteiger partial charge on any atom is -0.357 e. The van der Waals surface area contributed by atoms with Crippen molar-refractivity contribution in [2.45, 2.75) is 38.3 Å². The number of aromatic amines is 1. The van der Waals surface area contributed by atoms with E-state index in [1.165, 1.54) is 0 Å². The van der Waals surface area contributed by atoms with Gasteiger partial charge in [0.05, 0.1) is 0 Å². The van der Waals surface area contributed by atoms with Crippen molar-refractivity contribution < 1.29 is 9.59 Å². The van der Waals surface area contributed by atoms with Gasteiger partial charge in [0.2, 0.25) is 5.91 Å². The summed E-state index contributed by atoms with van der Waals surface area (Å²) in [6.07, 6.45) is 4.78. The fourth-order valence-corrected chi connectivity index (χ4v) is 3.31. The molecule has 2 atom stereocenters. The Morgan fingerprint density at radius 1 is 1.17 bits per heavy atom. The molecule has 23 heavy (non-hydrogen) atoms. The molecular formula is C16H25N5O2. The molecule has 2 amide bonds. The molecule has 0 spiro atoms. The Morgan fingerprint density at radius 3 is 2.57 bits per heavy atom. The maximum Gasteiger partial charge on any atom is 0.270 e. The van der Waals surface area contributed by atoms with Crippen LogP contribution < -0.4 is 10.9 Å². The van der Waals surface area contributed by atoms with Gasteiger partial charge in [-0.25, -0.2) is 5.43 Å². The van der Waals surface area contributed by atoms with E-state index in [4.69, 9.17) is 0 Å². The minimum absolute atomic E-state index is 0.00534. The van der Waals surface area contributed by atoms with Gasteiger partial charge in [0.25, 0.3) is 5.91 Å². The molecule has 0 saturated carbocycles. The number of hydrazine groups is 1. The summed E-state index contributed by atoms with van der Waals surface area (Å²) in [5.74, 6) is 0.147. The smallest absolute Gasteiger partial charge is 0.270 e. The van der Waals surface area contributed by atoms with E-state index in [1.807, 2.05) is 11.0 Å². The van der Waals surface area contributed by atoms with Crippen molar-refractivity contribution in [3.05, 3.63) is 24.0 Å². The lowest BCUT2D eigenvalue weighted by Gasteiger charge is -2.35. The molecule has 2 saturated heterocycles. The summed E-state index contributed by atoms with van der Waals surface area (Å²) in [6.45, 7) is 4.52. The van der Waals surface area contributed by atoms with Crippen LogP contribution in [-0.2, 0) is 4.79 Å². The maximum absolute atomic E-state index is 12.6. The van der Waals surface area contributed by atoms with Crippen LogP contribution in [0.3, 0.4) is 0 Å². The number of nitrogens with one attached hydrogen (secondary N) is 3. The van der Waals surface area contributed by atoms with Gasteiger partial charge in [-0.1, -0.05) is 13.3 Å². The average Bonchev–Trinajstić information content (AvgIpc) is 3.26. The summed E-state index contributed by atoms with van der Waals surface area (Å²) in [4.78, 5) is 31.5. The Balaban J connectivity index is 1.49. The Bertz CT molecular complexity index is 537. The molecule has 0 aliphatic carbocycles. The van der Waals surface area contributed by atoms with Crippen molar-refractivity contribution in [1.82, 2.24) is 25.6 Å². The van der Waals surface area contributed by atoms with E-state index >= 15 is 0 Å². The number of piperazine rings is 1. The molecule has 0 radical (unpaired) electrons. The molecular weight excluding hydrogens is 294 g/mol. The van der Waals surface area contributed by atoms with Crippen LogP contribution >= 0.6 is 0 Å². The molecule has 7 nitrogen and oxygen atoms in total. The zero-order valence-corrected chi connectivity index (χ0v) is 13.5. The van der Waals surface area contributed by atoms with Gasteiger partial charge in [-0.3, -0.25) is 15.0 Å². The van der Waals surface area contributed by atoms with Crippen molar-refractivity contribution >= 4 is 11.8 Å². The largest absolute Gasteiger partial charge is 0.357 e. The van der Waals surface area contributed by atoms with Gasteiger partial charge in [0.15, 0.2) is 0 Å². The van der Waals surface area contributed by atoms with Crippen molar-refractivity contribution in [3.63, 3.8) is 0 Å². The number of aromatic nitrogens is 1. The molecule has 2 aliphatic heterocycles. The predicted molar refractivity (Wildman–Crippen MR) is 86.6 cm³/mol. The third kappa shape index (κ3) is 3.56. The Kier molecular flexibility index (Phi) is 4.97. The fourth-order valence-electron chi connectivity index (χ4n) is 3.31. The summed E-state index contributed by atoms with van der Waals surface area (Å²) in [7, 11) is 0. The number of hydrogen-bond acceptors (Lipinski definition) is 4. The van der Waals surface area contributed by atoms with Crippen molar-refractivity contribution in [2.24, 2.45) is 0 Å².